The first-order valence-corrected chi connectivity index (χ1v) is 13.7. The van der Waals surface area contributed by atoms with Crippen LogP contribution < -0.4 is 17.2 Å². The van der Waals surface area contributed by atoms with Gasteiger partial charge in [0.1, 0.15) is 24.7 Å². The number of hydrogen-bond donors (Lipinski definition) is 7. The standard InChI is InChI=1S/C14H22FN4O13P3/c1-7-6-9(16)18-13(21)19(7)12-14(17,4-3-5-15)11(20)10(29-12)8(2)30-34(25,26)32-35(27,28)31-33(22,23)24/h6,8,10-12,20H,5,17H2,1-2H3,(H,25,26)(H,27,28)(H2,16,18,21)(H2,22,23,24)/t8-,10?,11+,12-,14?/m1/s1. The molecule has 17 nitrogen and oxygen atoms in total. The molecule has 1 aliphatic rings. The van der Waals surface area contributed by atoms with Gasteiger partial charge in [-0.3, -0.25) is 9.09 Å². The van der Waals surface area contributed by atoms with Gasteiger partial charge in [0.2, 0.25) is 0 Å². The number of nitrogens with two attached hydrogens (primary N) is 2. The zero-order valence-electron chi connectivity index (χ0n) is 17.9. The molecule has 2 rings (SSSR count). The molecule has 0 aliphatic carbocycles. The molecule has 0 amide bonds. The first-order chi connectivity index (χ1) is 15.8. The predicted molar refractivity (Wildman–Crippen MR) is 113 cm³/mol. The number of alkyl halides is 1. The molecule has 1 fully saturated rings. The summed E-state index contributed by atoms with van der Waals surface area (Å²) in [5, 5.41) is 10.8. The molecule has 0 radical (unpaired) electrons. The number of rotatable bonds is 8. The Bertz CT molecular complexity index is 1230. The SMILES string of the molecule is Cc1cc(N)nc(=O)n1[C@@H]1OC([C@@H](C)OP(=O)(O)OP(=O)(O)OP(=O)(O)O)[C@H](O)C1(N)C#CCF. The molecule has 0 bridgehead atoms. The van der Waals surface area contributed by atoms with Crippen molar-refractivity contribution >= 4 is 29.3 Å². The molecule has 7 atom stereocenters. The molecular formula is C14H22FN4O13P3. The summed E-state index contributed by atoms with van der Waals surface area (Å²) in [5.41, 5.74) is 8.61. The van der Waals surface area contributed by atoms with Gasteiger partial charge in [-0.25, -0.2) is 22.9 Å². The monoisotopic (exact) mass is 566 g/mol. The van der Waals surface area contributed by atoms with E-state index in [1.54, 1.807) is 0 Å². The maximum Gasteiger partial charge on any atom is 0.490 e. The molecule has 1 aromatic rings. The number of anilines is 1. The van der Waals surface area contributed by atoms with Gasteiger partial charge in [-0.1, -0.05) is 11.8 Å². The third kappa shape index (κ3) is 7.25. The van der Waals surface area contributed by atoms with Crippen LogP contribution in [0.4, 0.5) is 10.2 Å². The molecule has 0 saturated carbocycles. The lowest BCUT2D eigenvalue weighted by Gasteiger charge is -2.29. The number of ether oxygens (including phenoxy) is 1. The van der Waals surface area contributed by atoms with Crippen LogP contribution in [0, 0.1) is 18.8 Å². The zero-order chi connectivity index (χ0) is 27.0. The van der Waals surface area contributed by atoms with Crippen LogP contribution in [0.15, 0.2) is 10.9 Å². The molecule has 21 heteroatoms. The number of nitrogen functional groups attached to an aromatic ring is 1. The van der Waals surface area contributed by atoms with Gasteiger partial charge < -0.3 is 40.9 Å². The number of phosphoric ester groups is 1. The molecule has 1 aromatic heterocycles. The smallest absolute Gasteiger partial charge is 0.387 e. The Balaban J connectivity index is 2.39. The van der Waals surface area contributed by atoms with E-state index >= 15 is 0 Å². The second kappa shape index (κ2) is 10.4. The Morgan fingerprint density at radius 3 is 2.40 bits per heavy atom. The minimum Gasteiger partial charge on any atom is -0.387 e. The van der Waals surface area contributed by atoms with Gasteiger partial charge in [0.25, 0.3) is 0 Å². The van der Waals surface area contributed by atoms with Crippen LogP contribution in [0.25, 0.3) is 0 Å². The number of hydrogen-bond acceptors (Lipinski definition) is 12. The lowest BCUT2D eigenvalue weighted by molar-refractivity contribution is -0.0760. The van der Waals surface area contributed by atoms with E-state index in [1.807, 2.05) is 5.92 Å². The Morgan fingerprint density at radius 2 is 1.89 bits per heavy atom. The lowest BCUT2D eigenvalue weighted by Crippen LogP contribution is -2.56. The van der Waals surface area contributed by atoms with Crippen LogP contribution in [-0.4, -0.2) is 64.8 Å². The van der Waals surface area contributed by atoms with Crippen molar-refractivity contribution in [1.82, 2.24) is 9.55 Å². The van der Waals surface area contributed by atoms with Gasteiger partial charge in [0.05, 0.1) is 6.10 Å². The molecule has 0 aromatic carbocycles. The highest BCUT2D eigenvalue weighted by molar-refractivity contribution is 7.66. The lowest BCUT2D eigenvalue weighted by atomic mass is 9.90. The quantitative estimate of drug-likeness (QED) is 0.144. The van der Waals surface area contributed by atoms with E-state index in [2.05, 4.69) is 24.0 Å². The Labute approximate surface area is 196 Å². The number of aryl methyl sites for hydroxylation is 1. The van der Waals surface area contributed by atoms with Crippen molar-refractivity contribution in [2.24, 2.45) is 5.73 Å². The van der Waals surface area contributed by atoms with Crippen LogP contribution in [-0.2, 0) is 31.6 Å². The van der Waals surface area contributed by atoms with Crippen molar-refractivity contribution in [3.8, 4) is 11.8 Å². The largest absolute Gasteiger partial charge is 0.490 e. The van der Waals surface area contributed by atoms with Gasteiger partial charge in [0.15, 0.2) is 11.8 Å². The zero-order valence-corrected chi connectivity index (χ0v) is 20.5. The van der Waals surface area contributed by atoms with E-state index in [9.17, 15) is 37.8 Å². The summed E-state index contributed by atoms with van der Waals surface area (Å²) in [4.78, 5) is 52.2. The summed E-state index contributed by atoms with van der Waals surface area (Å²) < 4.78 is 65.5. The Kier molecular flexibility index (Phi) is 8.86. The number of nitrogens with zero attached hydrogens (tertiary/aromatic N) is 2. The topological polar surface area (TPSA) is 276 Å². The highest BCUT2D eigenvalue weighted by Gasteiger charge is 2.57. The van der Waals surface area contributed by atoms with Gasteiger partial charge in [-0.05, 0) is 19.9 Å². The third-order valence-electron chi connectivity index (χ3n) is 4.45. The number of phosphoric acid groups is 3. The first-order valence-electron chi connectivity index (χ1n) is 9.18. The van der Waals surface area contributed by atoms with Crippen molar-refractivity contribution < 1.29 is 60.6 Å². The Morgan fingerprint density at radius 1 is 1.29 bits per heavy atom. The van der Waals surface area contributed by atoms with Crippen molar-refractivity contribution in [3.05, 3.63) is 22.2 Å². The van der Waals surface area contributed by atoms with E-state index in [0.717, 1.165) is 11.5 Å². The van der Waals surface area contributed by atoms with Gasteiger partial charge in [0, 0.05) is 5.69 Å². The van der Waals surface area contributed by atoms with Crippen LogP contribution in [0.1, 0.15) is 18.8 Å². The maximum absolute atomic E-state index is 12.8. The number of halogens is 1. The molecule has 1 aliphatic heterocycles. The van der Waals surface area contributed by atoms with Gasteiger partial charge >= 0.3 is 29.2 Å². The fourth-order valence-electron chi connectivity index (χ4n) is 3.20. The molecule has 9 N–H and O–H groups in total. The van der Waals surface area contributed by atoms with Gasteiger partial charge in [-0.15, -0.1) is 0 Å². The molecule has 35 heavy (non-hydrogen) atoms. The van der Waals surface area contributed by atoms with Crippen LogP contribution >= 0.6 is 23.5 Å². The summed E-state index contributed by atoms with van der Waals surface area (Å²) in [6.45, 7) is 1.21. The average molecular weight is 566 g/mol. The van der Waals surface area contributed by atoms with E-state index in [4.69, 9.17) is 26.0 Å². The van der Waals surface area contributed by atoms with Crippen LogP contribution in [0.5, 0.6) is 0 Å². The van der Waals surface area contributed by atoms with Crippen molar-refractivity contribution in [2.75, 3.05) is 12.4 Å². The molecule has 4 unspecified atom stereocenters. The normalized spacial score (nSPS) is 29.0. The van der Waals surface area contributed by atoms with Crippen molar-refractivity contribution in [1.29, 1.82) is 0 Å². The fourth-order valence-corrected chi connectivity index (χ4v) is 6.40. The molecule has 2 heterocycles. The van der Waals surface area contributed by atoms with E-state index in [1.165, 1.54) is 13.0 Å². The third-order valence-corrected chi connectivity index (χ3v) is 8.37. The number of aliphatic hydroxyl groups excluding tert-OH is 1. The Hall–Kier alpha value is -1.54. The molecule has 1 saturated heterocycles. The minimum absolute atomic E-state index is 0.137. The van der Waals surface area contributed by atoms with E-state index < -0.39 is 65.9 Å². The molecule has 198 valence electrons. The predicted octanol–water partition coefficient (Wildman–Crippen LogP) is -1.21. The summed E-state index contributed by atoms with van der Waals surface area (Å²) in [6, 6.07) is 1.25. The first kappa shape index (κ1) is 29.7. The second-order valence-corrected chi connectivity index (χ2v) is 11.5. The summed E-state index contributed by atoms with van der Waals surface area (Å²) in [7, 11) is -17.1. The summed E-state index contributed by atoms with van der Waals surface area (Å²) >= 11 is 0. The minimum atomic E-state index is -5.82. The number of aliphatic hydroxyl groups is 1. The second-order valence-electron chi connectivity index (χ2n) is 7.14. The maximum atomic E-state index is 12.8. The van der Waals surface area contributed by atoms with Gasteiger partial charge in [-0.2, -0.15) is 13.6 Å². The highest BCUT2D eigenvalue weighted by Crippen LogP contribution is 2.66. The van der Waals surface area contributed by atoms with Crippen LogP contribution in [0.3, 0.4) is 0 Å². The average Bonchev–Trinajstić information content (AvgIpc) is 2.88. The molecule has 0 spiro atoms. The highest BCUT2D eigenvalue weighted by atomic mass is 31.3. The number of aromatic nitrogens is 2. The fraction of sp³-hybridized carbons (Fsp3) is 0.571. The van der Waals surface area contributed by atoms with Crippen molar-refractivity contribution in [3.63, 3.8) is 0 Å². The van der Waals surface area contributed by atoms with E-state index in [0.29, 0.717) is 0 Å². The van der Waals surface area contributed by atoms with Crippen molar-refractivity contribution in [2.45, 2.75) is 43.9 Å². The summed E-state index contributed by atoms with van der Waals surface area (Å²) in [5.74, 6) is 4.08. The molecular weight excluding hydrogens is 544 g/mol. The van der Waals surface area contributed by atoms with Crippen LogP contribution in [0.2, 0.25) is 0 Å². The summed E-state index contributed by atoms with van der Waals surface area (Å²) in [6.07, 6.45) is -7.02. The van der Waals surface area contributed by atoms with E-state index in [-0.39, 0.29) is 11.5 Å².